The van der Waals surface area contributed by atoms with Crippen molar-refractivity contribution in [3.63, 3.8) is 0 Å². The number of amides is 1. The Morgan fingerprint density at radius 3 is 2.46 bits per heavy atom. The van der Waals surface area contributed by atoms with Crippen LogP contribution in [0.15, 0.2) is 42.0 Å². The number of likely N-dealkylation sites (tertiary alicyclic amines) is 1. The lowest BCUT2D eigenvalue weighted by atomic mass is 9.93. The number of phenolic OH excluding ortho intramolecular Hbond substituents is 1. The molecule has 35 heavy (non-hydrogen) atoms. The number of aromatic hydroxyl groups is 1. The lowest BCUT2D eigenvalue weighted by molar-refractivity contribution is -0.857. The molecule has 0 saturated carbocycles. The first-order chi connectivity index (χ1) is 16.5. The average Bonchev–Trinajstić information content (AvgIpc) is 3.06. The number of aliphatic hydroxyl groups excluding tert-OH is 1. The van der Waals surface area contributed by atoms with Crippen LogP contribution in [0.25, 0.3) is 5.76 Å². The van der Waals surface area contributed by atoms with Gasteiger partial charge in [-0.2, -0.15) is 0 Å². The summed E-state index contributed by atoms with van der Waals surface area (Å²) in [5.41, 5.74) is 1.74. The number of phenols is 1. The molecule has 1 atom stereocenters. The summed E-state index contributed by atoms with van der Waals surface area (Å²) in [5.74, 6) is -0.458. The number of rotatable bonds is 9. The number of quaternary nitrogens is 1. The first kappa shape index (κ1) is 26.1. The molecule has 1 heterocycles. The SMILES string of the molecule is COc1cc(C2C(=C(O)c3ccc(OCC(C)C)cc3C)C(=O)C(=O)N2CC[NH+](C)C)ccc1O. The Hall–Kier alpha value is -3.52. The van der Waals surface area contributed by atoms with Gasteiger partial charge in [-0.05, 0) is 54.3 Å². The third-order valence-electron chi connectivity index (χ3n) is 5.95. The standard InChI is InChI=1S/C27H34N2O6/c1-16(2)15-35-19-8-9-20(17(3)13-19)25(31)23-24(18-7-10-21(30)22(14-18)34-6)29(12-11-28(4)5)27(33)26(23)32/h7-10,13-14,16,24,30-31H,11-12,15H2,1-6H3/p+1. The number of benzene rings is 2. The Balaban J connectivity index is 2.12. The van der Waals surface area contributed by atoms with E-state index in [2.05, 4.69) is 13.8 Å². The van der Waals surface area contributed by atoms with Crippen molar-refractivity contribution in [2.24, 2.45) is 5.92 Å². The normalized spacial score (nSPS) is 17.5. The number of aryl methyl sites for hydroxylation is 1. The first-order valence-electron chi connectivity index (χ1n) is 11.7. The molecule has 0 radical (unpaired) electrons. The van der Waals surface area contributed by atoms with Gasteiger partial charge < -0.3 is 29.5 Å². The second-order valence-corrected chi connectivity index (χ2v) is 9.56. The maximum Gasteiger partial charge on any atom is 0.295 e. The minimum Gasteiger partial charge on any atom is -0.507 e. The van der Waals surface area contributed by atoms with Crippen molar-refractivity contribution in [1.29, 1.82) is 0 Å². The Morgan fingerprint density at radius 1 is 1.14 bits per heavy atom. The zero-order valence-electron chi connectivity index (χ0n) is 21.2. The van der Waals surface area contributed by atoms with Crippen LogP contribution < -0.4 is 14.4 Å². The molecule has 1 saturated heterocycles. The van der Waals surface area contributed by atoms with Crippen molar-refractivity contribution in [2.75, 3.05) is 40.9 Å². The Labute approximate surface area is 206 Å². The molecule has 1 fully saturated rings. The van der Waals surface area contributed by atoms with Gasteiger partial charge >= 0.3 is 0 Å². The molecule has 0 aliphatic carbocycles. The number of nitrogens with zero attached hydrogens (tertiary/aromatic N) is 1. The highest BCUT2D eigenvalue weighted by Gasteiger charge is 2.46. The van der Waals surface area contributed by atoms with E-state index in [9.17, 15) is 19.8 Å². The number of nitrogens with one attached hydrogen (secondary N) is 1. The van der Waals surface area contributed by atoms with E-state index in [4.69, 9.17) is 9.47 Å². The van der Waals surface area contributed by atoms with Crippen molar-refractivity contribution in [2.45, 2.75) is 26.8 Å². The predicted octanol–water partition coefficient (Wildman–Crippen LogP) is 2.31. The summed E-state index contributed by atoms with van der Waals surface area (Å²) >= 11 is 0. The zero-order chi connectivity index (χ0) is 25.9. The second-order valence-electron chi connectivity index (χ2n) is 9.56. The largest absolute Gasteiger partial charge is 0.507 e. The van der Waals surface area contributed by atoms with Gasteiger partial charge in [-0.1, -0.05) is 19.9 Å². The molecular formula is C27H35N2O6+. The van der Waals surface area contributed by atoms with E-state index in [1.807, 2.05) is 27.1 Å². The number of Topliss-reactive ketones (excluding diaryl/α,β-unsaturated/α-hetero) is 1. The molecule has 1 amide bonds. The molecule has 1 unspecified atom stereocenters. The summed E-state index contributed by atoms with van der Waals surface area (Å²) in [6.07, 6.45) is 0. The summed E-state index contributed by atoms with van der Waals surface area (Å²) in [7, 11) is 5.35. The second kappa shape index (κ2) is 10.8. The number of ether oxygens (including phenoxy) is 2. The lowest BCUT2D eigenvalue weighted by Gasteiger charge is -2.26. The van der Waals surface area contributed by atoms with Gasteiger partial charge in [0.2, 0.25) is 0 Å². The number of ketones is 1. The van der Waals surface area contributed by atoms with Gasteiger partial charge in [0.05, 0.1) is 52.5 Å². The molecular weight excluding hydrogens is 448 g/mol. The fraction of sp³-hybridized carbons (Fsp3) is 0.407. The van der Waals surface area contributed by atoms with Gasteiger partial charge in [0.25, 0.3) is 11.7 Å². The number of likely N-dealkylation sites (N-methyl/N-ethyl adjacent to an activating group) is 1. The van der Waals surface area contributed by atoms with Crippen LogP contribution in [0, 0.1) is 12.8 Å². The van der Waals surface area contributed by atoms with Crippen molar-refractivity contribution in [3.05, 3.63) is 58.7 Å². The third kappa shape index (κ3) is 5.59. The van der Waals surface area contributed by atoms with E-state index >= 15 is 0 Å². The minimum atomic E-state index is -0.819. The maximum absolute atomic E-state index is 13.2. The van der Waals surface area contributed by atoms with E-state index in [0.717, 1.165) is 10.5 Å². The number of aliphatic hydroxyl groups is 1. The van der Waals surface area contributed by atoms with Gasteiger partial charge in [0.1, 0.15) is 11.5 Å². The number of methoxy groups -OCH3 is 1. The average molecular weight is 484 g/mol. The molecule has 188 valence electrons. The van der Waals surface area contributed by atoms with E-state index in [-0.39, 0.29) is 22.8 Å². The smallest absolute Gasteiger partial charge is 0.295 e. The first-order valence-corrected chi connectivity index (χ1v) is 11.7. The van der Waals surface area contributed by atoms with Crippen LogP contribution in [0.5, 0.6) is 17.2 Å². The topological polar surface area (TPSA) is 101 Å². The summed E-state index contributed by atoms with van der Waals surface area (Å²) in [5, 5.41) is 21.4. The summed E-state index contributed by atoms with van der Waals surface area (Å²) in [6.45, 7) is 7.43. The number of carbonyl (C=O) groups excluding carboxylic acids is 2. The predicted molar refractivity (Wildman–Crippen MR) is 133 cm³/mol. The lowest BCUT2D eigenvalue weighted by Crippen LogP contribution is -3.06. The highest BCUT2D eigenvalue weighted by atomic mass is 16.5. The van der Waals surface area contributed by atoms with E-state index < -0.39 is 17.7 Å². The molecule has 3 rings (SSSR count). The van der Waals surface area contributed by atoms with Crippen molar-refractivity contribution in [1.82, 2.24) is 4.90 Å². The fourth-order valence-corrected chi connectivity index (χ4v) is 4.07. The van der Waals surface area contributed by atoms with Gasteiger partial charge in [-0.3, -0.25) is 9.59 Å². The van der Waals surface area contributed by atoms with Gasteiger partial charge in [0, 0.05) is 5.56 Å². The van der Waals surface area contributed by atoms with Crippen molar-refractivity contribution in [3.8, 4) is 17.2 Å². The molecule has 1 aliphatic rings. The van der Waals surface area contributed by atoms with Crippen LogP contribution in [-0.4, -0.2) is 67.7 Å². The van der Waals surface area contributed by atoms with Crippen molar-refractivity contribution < 1.29 is 34.2 Å². The van der Waals surface area contributed by atoms with Crippen LogP contribution in [0.3, 0.4) is 0 Å². The molecule has 0 bridgehead atoms. The monoisotopic (exact) mass is 483 g/mol. The van der Waals surface area contributed by atoms with E-state index in [1.54, 1.807) is 24.3 Å². The van der Waals surface area contributed by atoms with E-state index in [0.29, 0.717) is 42.5 Å². The summed E-state index contributed by atoms with van der Waals surface area (Å²) < 4.78 is 11.0. The maximum atomic E-state index is 13.2. The minimum absolute atomic E-state index is 0.00967. The fourth-order valence-electron chi connectivity index (χ4n) is 4.07. The zero-order valence-corrected chi connectivity index (χ0v) is 21.2. The molecule has 1 aliphatic heterocycles. The molecule has 8 heteroatoms. The Kier molecular flexibility index (Phi) is 8.07. The summed E-state index contributed by atoms with van der Waals surface area (Å²) in [4.78, 5) is 28.9. The highest BCUT2D eigenvalue weighted by molar-refractivity contribution is 6.46. The van der Waals surface area contributed by atoms with Crippen molar-refractivity contribution >= 4 is 17.4 Å². The highest BCUT2D eigenvalue weighted by Crippen LogP contribution is 2.42. The van der Waals surface area contributed by atoms with Gasteiger partial charge in [0.15, 0.2) is 11.5 Å². The van der Waals surface area contributed by atoms with Gasteiger partial charge in [-0.25, -0.2) is 0 Å². The number of hydrogen-bond donors (Lipinski definition) is 3. The van der Waals surface area contributed by atoms with E-state index in [1.165, 1.54) is 18.1 Å². The van der Waals surface area contributed by atoms with Gasteiger partial charge in [-0.15, -0.1) is 0 Å². The molecule has 2 aromatic carbocycles. The number of hydrogen-bond acceptors (Lipinski definition) is 6. The van der Waals surface area contributed by atoms with Crippen LogP contribution in [0.4, 0.5) is 0 Å². The molecule has 3 N–H and O–H groups in total. The third-order valence-corrected chi connectivity index (χ3v) is 5.95. The van der Waals surface area contributed by atoms with Crippen LogP contribution >= 0.6 is 0 Å². The Morgan fingerprint density at radius 2 is 1.86 bits per heavy atom. The molecule has 8 nitrogen and oxygen atoms in total. The number of carbonyl (C=O) groups is 2. The Bertz CT molecular complexity index is 1140. The molecule has 2 aromatic rings. The quantitative estimate of drug-likeness (QED) is 0.288. The molecule has 0 spiro atoms. The molecule has 0 aromatic heterocycles. The van der Waals surface area contributed by atoms with Crippen LogP contribution in [-0.2, 0) is 9.59 Å². The van der Waals surface area contributed by atoms with Crippen LogP contribution in [0.1, 0.15) is 36.6 Å². The van der Waals surface area contributed by atoms with Crippen LogP contribution in [0.2, 0.25) is 0 Å². The summed E-state index contributed by atoms with van der Waals surface area (Å²) in [6, 6.07) is 9.11.